The van der Waals surface area contributed by atoms with Crippen molar-refractivity contribution in [1.82, 2.24) is 10.2 Å². The quantitative estimate of drug-likeness (QED) is 0.694. The summed E-state index contributed by atoms with van der Waals surface area (Å²) in [6.07, 6.45) is 1.06. The minimum Gasteiger partial charge on any atom is -0.357 e. The number of rotatable bonds is 8. The lowest BCUT2D eigenvalue weighted by molar-refractivity contribution is -0.139. The predicted molar refractivity (Wildman–Crippen MR) is 119 cm³/mol. The van der Waals surface area contributed by atoms with E-state index in [-0.39, 0.29) is 12.5 Å². The van der Waals surface area contributed by atoms with E-state index >= 15 is 0 Å². The van der Waals surface area contributed by atoms with Crippen LogP contribution in [-0.2, 0) is 26.2 Å². The standard InChI is InChI=1S/C22H29N3O4S/c1-16-10-12-20(13-11-16)25(30(5,28)29)15-21(26)24(18(3)22(27)23-4)14-19-9-7-6-8-17(19)2/h6-13,18H,14-15H2,1-5H3,(H,23,27)/t18-/m1/s1. The summed E-state index contributed by atoms with van der Waals surface area (Å²) >= 11 is 0. The van der Waals surface area contributed by atoms with E-state index < -0.39 is 28.5 Å². The first-order valence-electron chi connectivity index (χ1n) is 9.64. The Morgan fingerprint density at radius 1 is 1.03 bits per heavy atom. The van der Waals surface area contributed by atoms with Crippen LogP contribution in [0.5, 0.6) is 0 Å². The largest absolute Gasteiger partial charge is 0.357 e. The number of hydrogen-bond donors (Lipinski definition) is 1. The van der Waals surface area contributed by atoms with Gasteiger partial charge in [-0.2, -0.15) is 0 Å². The van der Waals surface area contributed by atoms with Gasteiger partial charge < -0.3 is 10.2 Å². The number of nitrogens with zero attached hydrogens (tertiary/aromatic N) is 2. The van der Waals surface area contributed by atoms with Crippen molar-refractivity contribution in [3.8, 4) is 0 Å². The van der Waals surface area contributed by atoms with Gasteiger partial charge in [-0.25, -0.2) is 8.42 Å². The summed E-state index contributed by atoms with van der Waals surface area (Å²) < 4.78 is 25.9. The molecule has 0 aliphatic heterocycles. The Balaban J connectivity index is 2.38. The Bertz CT molecular complexity index is 1000. The van der Waals surface area contributed by atoms with Crippen molar-refractivity contribution in [2.75, 3.05) is 24.2 Å². The van der Waals surface area contributed by atoms with Crippen molar-refractivity contribution in [3.05, 3.63) is 65.2 Å². The molecular formula is C22H29N3O4S. The van der Waals surface area contributed by atoms with Crippen molar-refractivity contribution >= 4 is 27.5 Å². The lowest BCUT2D eigenvalue weighted by Crippen LogP contribution is -2.50. The lowest BCUT2D eigenvalue weighted by atomic mass is 10.1. The van der Waals surface area contributed by atoms with Crippen LogP contribution in [0, 0.1) is 13.8 Å². The highest BCUT2D eigenvalue weighted by molar-refractivity contribution is 7.92. The van der Waals surface area contributed by atoms with Gasteiger partial charge in [0.05, 0.1) is 11.9 Å². The van der Waals surface area contributed by atoms with E-state index in [4.69, 9.17) is 0 Å². The molecule has 0 aliphatic carbocycles. The molecule has 1 atom stereocenters. The Hall–Kier alpha value is -2.87. The fourth-order valence-corrected chi connectivity index (χ4v) is 3.94. The van der Waals surface area contributed by atoms with Gasteiger partial charge in [-0.1, -0.05) is 42.0 Å². The van der Waals surface area contributed by atoms with Crippen LogP contribution < -0.4 is 9.62 Å². The van der Waals surface area contributed by atoms with Crippen molar-refractivity contribution in [2.24, 2.45) is 0 Å². The lowest BCUT2D eigenvalue weighted by Gasteiger charge is -2.31. The predicted octanol–water partition coefficient (Wildman–Crippen LogP) is 2.23. The van der Waals surface area contributed by atoms with Gasteiger partial charge in [0.2, 0.25) is 21.8 Å². The molecule has 7 nitrogen and oxygen atoms in total. The van der Waals surface area contributed by atoms with Gasteiger partial charge in [-0.3, -0.25) is 13.9 Å². The first kappa shape index (κ1) is 23.4. The molecule has 2 aromatic carbocycles. The third kappa shape index (κ3) is 5.82. The number of hydrogen-bond acceptors (Lipinski definition) is 4. The first-order chi connectivity index (χ1) is 14.0. The van der Waals surface area contributed by atoms with Gasteiger partial charge in [-0.05, 0) is 44.0 Å². The molecule has 0 saturated heterocycles. The molecule has 2 aromatic rings. The molecule has 0 spiro atoms. The molecule has 30 heavy (non-hydrogen) atoms. The van der Waals surface area contributed by atoms with Crippen molar-refractivity contribution < 1.29 is 18.0 Å². The number of sulfonamides is 1. The molecule has 1 N–H and O–H groups in total. The second-order valence-electron chi connectivity index (χ2n) is 7.34. The van der Waals surface area contributed by atoms with Crippen molar-refractivity contribution in [2.45, 2.75) is 33.4 Å². The van der Waals surface area contributed by atoms with E-state index in [0.717, 1.165) is 27.3 Å². The average molecular weight is 432 g/mol. The molecule has 2 rings (SSSR count). The summed E-state index contributed by atoms with van der Waals surface area (Å²) in [6.45, 7) is 5.26. The van der Waals surface area contributed by atoms with Gasteiger partial charge >= 0.3 is 0 Å². The Morgan fingerprint density at radius 3 is 2.17 bits per heavy atom. The monoisotopic (exact) mass is 431 g/mol. The fourth-order valence-electron chi connectivity index (χ4n) is 3.09. The van der Waals surface area contributed by atoms with Crippen LogP contribution >= 0.6 is 0 Å². The Kier molecular flexibility index (Phi) is 7.61. The van der Waals surface area contributed by atoms with Gasteiger partial charge in [0.25, 0.3) is 0 Å². The highest BCUT2D eigenvalue weighted by atomic mass is 32.2. The molecule has 0 bridgehead atoms. The Labute approximate surface area is 178 Å². The summed E-state index contributed by atoms with van der Waals surface area (Å²) in [4.78, 5) is 27.0. The number of amides is 2. The van der Waals surface area contributed by atoms with E-state index in [0.29, 0.717) is 5.69 Å². The summed E-state index contributed by atoms with van der Waals surface area (Å²) in [6, 6.07) is 13.7. The summed E-state index contributed by atoms with van der Waals surface area (Å²) in [5.74, 6) is -0.779. The summed E-state index contributed by atoms with van der Waals surface area (Å²) in [5.41, 5.74) is 3.26. The molecule has 0 aliphatic rings. The second-order valence-corrected chi connectivity index (χ2v) is 9.25. The number of carbonyl (C=O) groups excluding carboxylic acids is 2. The SMILES string of the molecule is CNC(=O)[C@@H](C)N(Cc1ccccc1C)C(=O)CN(c1ccc(C)cc1)S(C)(=O)=O. The van der Waals surface area contributed by atoms with Crippen molar-refractivity contribution in [3.63, 3.8) is 0 Å². The minimum atomic E-state index is -3.71. The maximum Gasteiger partial charge on any atom is 0.244 e. The van der Waals surface area contributed by atoms with Crippen LogP contribution in [0.1, 0.15) is 23.6 Å². The zero-order valence-electron chi connectivity index (χ0n) is 18.0. The van der Waals surface area contributed by atoms with Gasteiger partial charge in [0.1, 0.15) is 12.6 Å². The molecule has 2 amide bonds. The highest BCUT2D eigenvalue weighted by Crippen LogP contribution is 2.20. The molecule has 0 fully saturated rings. The molecule has 0 radical (unpaired) electrons. The first-order valence-corrected chi connectivity index (χ1v) is 11.5. The number of anilines is 1. The number of aryl methyl sites for hydroxylation is 2. The number of carbonyl (C=O) groups is 2. The molecule has 0 saturated carbocycles. The van der Waals surface area contributed by atoms with Crippen LogP contribution in [-0.4, -0.2) is 51.0 Å². The minimum absolute atomic E-state index is 0.200. The maximum atomic E-state index is 13.3. The zero-order chi connectivity index (χ0) is 22.5. The van der Waals surface area contributed by atoms with Crippen LogP contribution in [0.4, 0.5) is 5.69 Å². The van der Waals surface area contributed by atoms with Crippen LogP contribution in [0.3, 0.4) is 0 Å². The van der Waals surface area contributed by atoms with Crippen LogP contribution in [0.25, 0.3) is 0 Å². The second kappa shape index (κ2) is 9.75. The zero-order valence-corrected chi connectivity index (χ0v) is 18.9. The van der Waals surface area contributed by atoms with Gasteiger partial charge in [-0.15, -0.1) is 0 Å². The molecule has 0 unspecified atom stereocenters. The molecule has 8 heteroatoms. The topological polar surface area (TPSA) is 86.8 Å². The molecule has 162 valence electrons. The summed E-state index contributed by atoms with van der Waals surface area (Å²) in [7, 11) is -2.20. The van der Waals surface area contributed by atoms with Crippen LogP contribution in [0.2, 0.25) is 0 Å². The third-order valence-corrected chi connectivity index (χ3v) is 6.16. The number of nitrogens with one attached hydrogen (secondary N) is 1. The third-order valence-electron chi connectivity index (χ3n) is 5.02. The van der Waals surface area contributed by atoms with E-state index in [9.17, 15) is 18.0 Å². The number of likely N-dealkylation sites (N-methyl/N-ethyl adjacent to an activating group) is 1. The Morgan fingerprint density at radius 2 is 1.63 bits per heavy atom. The van der Waals surface area contributed by atoms with E-state index in [1.54, 1.807) is 31.2 Å². The van der Waals surface area contributed by atoms with E-state index in [2.05, 4.69) is 5.32 Å². The van der Waals surface area contributed by atoms with E-state index in [1.165, 1.54) is 11.9 Å². The van der Waals surface area contributed by atoms with E-state index in [1.807, 2.05) is 38.1 Å². The molecule has 0 aromatic heterocycles. The summed E-state index contributed by atoms with van der Waals surface area (Å²) in [5, 5.41) is 2.56. The van der Waals surface area contributed by atoms with Crippen molar-refractivity contribution in [1.29, 1.82) is 0 Å². The highest BCUT2D eigenvalue weighted by Gasteiger charge is 2.29. The fraction of sp³-hybridized carbons (Fsp3) is 0.364. The van der Waals surface area contributed by atoms with Gasteiger partial charge in [0, 0.05) is 13.6 Å². The van der Waals surface area contributed by atoms with Gasteiger partial charge in [0.15, 0.2) is 0 Å². The molecule has 0 heterocycles. The number of benzene rings is 2. The molecular weight excluding hydrogens is 402 g/mol. The maximum absolute atomic E-state index is 13.3. The smallest absolute Gasteiger partial charge is 0.244 e. The average Bonchev–Trinajstić information content (AvgIpc) is 2.70. The normalized spacial score (nSPS) is 12.2. The van der Waals surface area contributed by atoms with Crippen LogP contribution in [0.15, 0.2) is 48.5 Å².